The summed E-state index contributed by atoms with van der Waals surface area (Å²) >= 11 is 3.29. The van der Waals surface area contributed by atoms with Crippen molar-refractivity contribution in [2.45, 2.75) is 6.92 Å². The van der Waals surface area contributed by atoms with Gasteiger partial charge in [0.05, 0.1) is 0 Å². The standard InChI is InChI=1S/C9H10BrN3O/c1-6(8(10)4-11)3-7(2)9-13-12-5-14-9/h3-5H,2,11H2,1H3/b6-3-,8-4+. The Morgan fingerprint density at radius 2 is 2.43 bits per heavy atom. The highest BCUT2D eigenvalue weighted by atomic mass is 79.9. The van der Waals surface area contributed by atoms with Crippen LogP contribution >= 0.6 is 15.9 Å². The predicted octanol–water partition coefficient (Wildman–Crippen LogP) is 2.22. The molecule has 1 aromatic rings. The maximum Gasteiger partial charge on any atom is 0.246 e. The summed E-state index contributed by atoms with van der Waals surface area (Å²) in [4.78, 5) is 0. The Hall–Kier alpha value is -1.36. The number of nitrogens with zero attached hydrogens (tertiary/aromatic N) is 2. The minimum Gasteiger partial charge on any atom is -0.423 e. The minimum atomic E-state index is 0.404. The Morgan fingerprint density at radius 3 is 2.93 bits per heavy atom. The maximum absolute atomic E-state index is 5.34. The molecule has 0 aromatic carbocycles. The molecule has 1 rings (SSSR count). The van der Waals surface area contributed by atoms with E-state index in [4.69, 9.17) is 10.2 Å². The van der Waals surface area contributed by atoms with Crippen molar-refractivity contribution in [1.29, 1.82) is 0 Å². The Balaban J connectivity index is 2.84. The maximum atomic E-state index is 5.34. The van der Waals surface area contributed by atoms with Gasteiger partial charge in [0, 0.05) is 16.3 Å². The van der Waals surface area contributed by atoms with E-state index in [0.29, 0.717) is 11.5 Å². The fourth-order valence-electron chi connectivity index (χ4n) is 0.836. The van der Waals surface area contributed by atoms with Crippen molar-refractivity contribution in [3.8, 4) is 0 Å². The molecule has 0 aliphatic heterocycles. The van der Waals surface area contributed by atoms with Crippen LogP contribution in [0, 0.1) is 0 Å². The van der Waals surface area contributed by atoms with Crippen LogP contribution in [0.2, 0.25) is 0 Å². The zero-order valence-electron chi connectivity index (χ0n) is 7.70. The molecule has 0 aliphatic carbocycles. The van der Waals surface area contributed by atoms with E-state index >= 15 is 0 Å². The van der Waals surface area contributed by atoms with Gasteiger partial charge in [-0.15, -0.1) is 10.2 Å². The van der Waals surface area contributed by atoms with Gasteiger partial charge in [-0.05, 0) is 34.5 Å². The molecule has 0 saturated carbocycles. The quantitative estimate of drug-likeness (QED) is 0.842. The van der Waals surface area contributed by atoms with Crippen LogP contribution in [0.15, 0.2) is 39.7 Å². The Bertz CT molecular complexity index is 379. The predicted molar refractivity (Wildman–Crippen MR) is 58.3 cm³/mol. The van der Waals surface area contributed by atoms with Crippen molar-refractivity contribution < 1.29 is 4.42 Å². The molecule has 0 spiro atoms. The average molecular weight is 256 g/mol. The van der Waals surface area contributed by atoms with E-state index in [1.165, 1.54) is 12.6 Å². The highest BCUT2D eigenvalue weighted by molar-refractivity contribution is 9.11. The van der Waals surface area contributed by atoms with E-state index in [0.717, 1.165) is 10.1 Å². The summed E-state index contributed by atoms with van der Waals surface area (Å²) in [5.74, 6) is 0.404. The second-order valence-corrected chi connectivity index (χ2v) is 3.47. The average Bonchev–Trinajstić information content (AvgIpc) is 2.69. The van der Waals surface area contributed by atoms with Crippen molar-refractivity contribution in [3.05, 3.63) is 41.2 Å². The molecule has 0 amide bonds. The zero-order chi connectivity index (χ0) is 10.6. The molecule has 14 heavy (non-hydrogen) atoms. The van der Waals surface area contributed by atoms with Crippen molar-refractivity contribution in [1.82, 2.24) is 10.2 Å². The van der Waals surface area contributed by atoms with Crippen LogP contribution in [0.4, 0.5) is 0 Å². The second-order valence-electron chi connectivity index (χ2n) is 2.61. The van der Waals surface area contributed by atoms with E-state index in [1.807, 2.05) is 6.92 Å². The van der Waals surface area contributed by atoms with Gasteiger partial charge in [-0.25, -0.2) is 0 Å². The molecule has 0 unspecified atom stereocenters. The molecule has 74 valence electrons. The molecular weight excluding hydrogens is 246 g/mol. The summed E-state index contributed by atoms with van der Waals surface area (Å²) in [5, 5.41) is 7.29. The van der Waals surface area contributed by atoms with E-state index < -0.39 is 0 Å². The van der Waals surface area contributed by atoms with E-state index in [9.17, 15) is 0 Å². The molecule has 1 aromatic heterocycles. The highest BCUT2D eigenvalue weighted by Gasteiger charge is 2.02. The summed E-state index contributed by atoms with van der Waals surface area (Å²) in [6.07, 6.45) is 4.53. The van der Waals surface area contributed by atoms with Crippen LogP contribution in [-0.2, 0) is 0 Å². The summed E-state index contributed by atoms with van der Waals surface area (Å²) in [7, 11) is 0. The third-order valence-electron chi connectivity index (χ3n) is 1.55. The summed E-state index contributed by atoms with van der Waals surface area (Å²) in [6, 6.07) is 0. The summed E-state index contributed by atoms with van der Waals surface area (Å²) in [5.41, 5.74) is 6.93. The van der Waals surface area contributed by atoms with E-state index in [2.05, 4.69) is 32.7 Å². The summed E-state index contributed by atoms with van der Waals surface area (Å²) in [6.45, 7) is 5.69. The van der Waals surface area contributed by atoms with Gasteiger partial charge in [0.25, 0.3) is 0 Å². The van der Waals surface area contributed by atoms with Crippen molar-refractivity contribution in [2.75, 3.05) is 0 Å². The SMILES string of the molecule is C=C(/C=C(C)\C(Br)=C/N)c1nnco1. The number of nitrogens with two attached hydrogens (primary N) is 1. The monoisotopic (exact) mass is 255 g/mol. The third kappa shape index (κ3) is 2.56. The molecule has 2 N–H and O–H groups in total. The smallest absolute Gasteiger partial charge is 0.246 e. The number of halogens is 1. The number of allylic oxidation sites excluding steroid dienone is 4. The lowest BCUT2D eigenvalue weighted by Crippen LogP contribution is -1.86. The van der Waals surface area contributed by atoms with Crippen molar-refractivity contribution >= 4 is 21.5 Å². The van der Waals surface area contributed by atoms with Gasteiger partial charge in [-0.3, -0.25) is 0 Å². The van der Waals surface area contributed by atoms with Gasteiger partial charge in [0.1, 0.15) is 0 Å². The fraction of sp³-hybridized carbons (Fsp3) is 0.111. The lowest BCUT2D eigenvalue weighted by Gasteiger charge is -1.98. The lowest BCUT2D eigenvalue weighted by atomic mass is 10.2. The molecule has 4 nitrogen and oxygen atoms in total. The number of hydrogen-bond donors (Lipinski definition) is 1. The molecule has 0 radical (unpaired) electrons. The van der Waals surface area contributed by atoms with Crippen LogP contribution in [0.5, 0.6) is 0 Å². The summed E-state index contributed by atoms with van der Waals surface area (Å²) < 4.78 is 5.78. The number of aromatic nitrogens is 2. The lowest BCUT2D eigenvalue weighted by molar-refractivity contribution is 0.539. The zero-order valence-corrected chi connectivity index (χ0v) is 9.28. The van der Waals surface area contributed by atoms with Gasteiger partial charge in [0.15, 0.2) is 0 Å². The molecule has 0 bridgehead atoms. The Kier molecular flexibility index (Phi) is 3.64. The van der Waals surface area contributed by atoms with Crippen LogP contribution in [0.3, 0.4) is 0 Å². The second kappa shape index (κ2) is 4.76. The molecule has 0 atom stereocenters. The molecular formula is C9H10BrN3O. The normalized spacial score (nSPS) is 13.0. The minimum absolute atomic E-state index is 0.404. The van der Waals surface area contributed by atoms with Crippen molar-refractivity contribution in [3.63, 3.8) is 0 Å². The highest BCUT2D eigenvalue weighted by Crippen LogP contribution is 2.19. The van der Waals surface area contributed by atoms with E-state index in [-0.39, 0.29) is 0 Å². The number of rotatable bonds is 3. The molecule has 1 heterocycles. The number of hydrogen-bond acceptors (Lipinski definition) is 4. The van der Waals surface area contributed by atoms with Gasteiger partial charge < -0.3 is 10.2 Å². The first kappa shape index (κ1) is 10.7. The van der Waals surface area contributed by atoms with Gasteiger partial charge in [0.2, 0.25) is 12.3 Å². The van der Waals surface area contributed by atoms with E-state index in [1.54, 1.807) is 6.08 Å². The molecule has 0 saturated heterocycles. The fourth-order valence-corrected chi connectivity index (χ4v) is 0.951. The van der Waals surface area contributed by atoms with Crippen LogP contribution < -0.4 is 5.73 Å². The first-order chi connectivity index (χ1) is 6.65. The third-order valence-corrected chi connectivity index (χ3v) is 2.44. The van der Waals surface area contributed by atoms with Crippen LogP contribution in [0.25, 0.3) is 5.57 Å². The van der Waals surface area contributed by atoms with Crippen LogP contribution in [0.1, 0.15) is 12.8 Å². The van der Waals surface area contributed by atoms with Crippen LogP contribution in [-0.4, -0.2) is 10.2 Å². The molecule has 0 aliphatic rings. The first-order valence-electron chi connectivity index (χ1n) is 3.86. The van der Waals surface area contributed by atoms with Gasteiger partial charge in [-0.2, -0.15) is 0 Å². The Morgan fingerprint density at radius 1 is 1.71 bits per heavy atom. The van der Waals surface area contributed by atoms with Gasteiger partial charge >= 0.3 is 0 Å². The Labute approximate surface area is 90.3 Å². The largest absolute Gasteiger partial charge is 0.423 e. The molecule has 0 fully saturated rings. The van der Waals surface area contributed by atoms with Gasteiger partial charge in [-0.1, -0.05) is 6.58 Å². The van der Waals surface area contributed by atoms with Crippen molar-refractivity contribution in [2.24, 2.45) is 5.73 Å². The molecule has 5 heteroatoms. The topological polar surface area (TPSA) is 64.9 Å². The first-order valence-corrected chi connectivity index (χ1v) is 4.66.